The number of hydrogen-bond donors (Lipinski definition) is 3. The molecule has 0 aromatic heterocycles. The minimum Gasteiger partial charge on any atom is -0.479 e. The molecule has 2 amide bonds. The number of alkyl halides is 3. The van der Waals surface area contributed by atoms with Crippen molar-refractivity contribution in [3.05, 3.63) is 59.7 Å². The average Bonchev–Trinajstić information content (AvgIpc) is 3.14. The maximum Gasteiger partial charge on any atom is 0.419 e. The van der Waals surface area contributed by atoms with E-state index in [0.717, 1.165) is 22.3 Å². The first-order valence-corrected chi connectivity index (χ1v) is 11.4. The second-order valence-electron chi connectivity index (χ2n) is 8.85. The summed E-state index contributed by atoms with van der Waals surface area (Å²) in [7, 11) is 0. The van der Waals surface area contributed by atoms with E-state index in [1.54, 1.807) is 5.32 Å². The van der Waals surface area contributed by atoms with Gasteiger partial charge in [-0.2, -0.15) is 13.2 Å². The zero-order valence-corrected chi connectivity index (χ0v) is 18.7. The molecular weight excluding hydrogens is 465 g/mol. The molecule has 35 heavy (non-hydrogen) atoms. The van der Waals surface area contributed by atoms with Gasteiger partial charge in [0.15, 0.2) is 0 Å². The summed E-state index contributed by atoms with van der Waals surface area (Å²) in [6, 6.07) is 12.4. The molecule has 1 unspecified atom stereocenters. The van der Waals surface area contributed by atoms with E-state index in [0.29, 0.717) is 19.3 Å². The van der Waals surface area contributed by atoms with Crippen LogP contribution in [0.2, 0.25) is 0 Å². The Labute approximate surface area is 199 Å². The number of nitrogens with one attached hydrogen (secondary N) is 2. The summed E-state index contributed by atoms with van der Waals surface area (Å²) in [6.45, 7) is 0.113. The predicted molar refractivity (Wildman–Crippen MR) is 120 cm³/mol. The van der Waals surface area contributed by atoms with Gasteiger partial charge in [0.05, 0.1) is 0 Å². The highest BCUT2D eigenvalue weighted by Crippen LogP contribution is 2.44. The summed E-state index contributed by atoms with van der Waals surface area (Å²) in [5.41, 5.74) is 4.32. The van der Waals surface area contributed by atoms with Gasteiger partial charge in [-0.05, 0) is 41.5 Å². The molecule has 2 aliphatic carbocycles. The molecule has 186 valence electrons. The number of hydrogen-bond acceptors (Lipinski definition) is 4. The Morgan fingerprint density at radius 2 is 1.60 bits per heavy atom. The van der Waals surface area contributed by atoms with Crippen LogP contribution in [0.25, 0.3) is 11.1 Å². The Kier molecular flexibility index (Phi) is 7.00. The number of aliphatic carboxylic acids is 1. The number of carbonyl (C=O) groups is 3. The lowest BCUT2D eigenvalue weighted by atomic mass is 9.85. The van der Waals surface area contributed by atoms with Crippen molar-refractivity contribution in [2.75, 3.05) is 6.61 Å². The largest absolute Gasteiger partial charge is 0.479 e. The number of halogens is 3. The number of fused-ring (bicyclic) bond motifs is 3. The van der Waals surface area contributed by atoms with E-state index in [1.807, 2.05) is 48.5 Å². The molecule has 7 nitrogen and oxygen atoms in total. The van der Waals surface area contributed by atoms with Crippen molar-refractivity contribution in [3.8, 4) is 11.1 Å². The highest BCUT2D eigenvalue weighted by molar-refractivity contribution is 5.85. The lowest BCUT2D eigenvalue weighted by molar-refractivity contribution is -0.182. The summed E-state index contributed by atoms with van der Waals surface area (Å²) < 4.78 is 44.1. The van der Waals surface area contributed by atoms with Gasteiger partial charge in [-0.25, -0.2) is 9.59 Å². The smallest absolute Gasteiger partial charge is 0.419 e. The number of carboxylic acids is 1. The third-order valence-corrected chi connectivity index (χ3v) is 6.57. The van der Waals surface area contributed by atoms with E-state index in [9.17, 15) is 27.6 Å². The monoisotopic (exact) mass is 490 g/mol. The van der Waals surface area contributed by atoms with E-state index in [4.69, 9.17) is 9.84 Å². The van der Waals surface area contributed by atoms with Gasteiger partial charge in [-0.15, -0.1) is 0 Å². The predicted octanol–water partition coefficient (Wildman–Crippen LogP) is 4.22. The first-order chi connectivity index (χ1) is 16.6. The van der Waals surface area contributed by atoms with Crippen LogP contribution in [-0.2, 0) is 14.3 Å². The van der Waals surface area contributed by atoms with E-state index in [1.165, 1.54) is 0 Å². The van der Waals surface area contributed by atoms with Gasteiger partial charge in [-0.3, -0.25) is 4.79 Å². The van der Waals surface area contributed by atoms with Gasteiger partial charge in [0.25, 0.3) is 0 Å². The van der Waals surface area contributed by atoms with E-state index < -0.39 is 42.1 Å². The number of ether oxygens (including phenoxy) is 1. The fraction of sp³-hybridized carbons (Fsp3) is 0.400. The normalized spacial score (nSPS) is 20.3. The Morgan fingerprint density at radius 1 is 1.00 bits per heavy atom. The van der Waals surface area contributed by atoms with Crippen LogP contribution in [0.1, 0.15) is 42.7 Å². The van der Waals surface area contributed by atoms with E-state index in [2.05, 4.69) is 5.32 Å². The summed E-state index contributed by atoms with van der Waals surface area (Å²) in [5.74, 6) is -4.12. The third kappa shape index (κ3) is 5.41. The van der Waals surface area contributed by atoms with Crippen molar-refractivity contribution in [1.29, 1.82) is 0 Å². The lowest BCUT2D eigenvalue weighted by Crippen LogP contribution is -2.53. The molecule has 2 aromatic rings. The molecule has 0 bridgehead atoms. The fourth-order valence-electron chi connectivity index (χ4n) is 4.91. The van der Waals surface area contributed by atoms with Crippen molar-refractivity contribution in [2.24, 2.45) is 5.92 Å². The number of rotatable bonds is 6. The molecule has 2 aliphatic rings. The van der Waals surface area contributed by atoms with Gasteiger partial charge in [-0.1, -0.05) is 55.0 Å². The molecule has 3 N–H and O–H groups in total. The van der Waals surface area contributed by atoms with Gasteiger partial charge >= 0.3 is 18.2 Å². The number of amides is 2. The Balaban J connectivity index is 1.33. The maximum absolute atomic E-state index is 12.9. The van der Waals surface area contributed by atoms with Gasteiger partial charge in [0.1, 0.15) is 6.61 Å². The number of alkyl carbamates (subject to hydrolysis) is 1. The molecule has 10 heteroatoms. The van der Waals surface area contributed by atoms with Crippen molar-refractivity contribution >= 4 is 18.0 Å². The highest BCUT2D eigenvalue weighted by Gasteiger charge is 2.47. The molecule has 4 rings (SSSR count). The summed E-state index contributed by atoms with van der Waals surface area (Å²) in [4.78, 5) is 35.7. The molecule has 1 saturated carbocycles. The highest BCUT2D eigenvalue weighted by atomic mass is 19.4. The summed E-state index contributed by atoms with van der Waals surface area (Å²) in [6.07, 6.45) is -4.34. The minimum atomic E-state index is -5.10. The van der Waals surface area contributed by atoms with Crippen molar-refractivity contribution in [1.82, 2.24) is 10.6 Å². The zero-order valence-electron chi connectivity index (χ0n) is 18.7. The Bertz CT molecular complexity index is 1070. The standard InChI is InChI=1S/C25H25F3N2O5/c26-25(27,28)21(23(32)33)30-22(31)14-6-5-7-15(12-14)29-24(34)35-13-20-18-10-3-1-8-16(18)17-9-2-4-11-19(17)20/h1-4,8-11,14-15,20-21H,5-7,12-13H2,(H,29,34)(H,30,31)(H,32,33)/t14-,15+,21?/m1/s1. The first kappa shape index (κ1) is 24.6. The average molecular weight is 490 g/mol. The second kappa shape index (κ2) is 9.97. The SMILES string of the molecule is O=C(N[C@H]1CCC[C@@H](C(=O)NC(C(=O)O)C(F)(F)F)C1)OCC1c2ccccc2-c2ccccc21. The molecule has 1 fully saturated rings. The van der Waals surface area contributed by atoms with Crippen LogP contribution < -0.4 is 10.6 Å². The van der Waals surface area contributed by atoms with E-state index in [-0.39, 0.29) is 18.9 Å². The van der Waals surface area contributed by atoms with Crippen LogP contribution in [0.3, 0.4) is 0 Å². The first-order valence-electron chi connectivity index (χ1n) is 11.4. The number of carboxylic acid groups (broad SMARTS) is 1. The minimum absolute atomic E-state index is 0.0974. The van der Waals surface area contributed by atoms with Crippen LogP contribution in [-0.4, -0.2) is 47.9 Å². The van der Waals surface area contributed by atoms with Crippen LogP contribution in [0.5, 0.6) is 0 Å². The van der Waals surface area contributed by atoms with Gasteiger partial charge in [0.2, 0.25) is 11.9 Å². The van der Waals surface area contributed by atoms with Crippen molar-refractivity contribution < 1.29 is 37.4 Å². The van der Waals surface area contributed by atoms with Crippen molar-refractivity contribution in [3.63, 3.8) is 0 Å². The molecule has 0 aliphatic heterocycles. The molecule has 3 atom stereocenters. The van der Waals surface area contributed by atoms with Gasteiger partial charge in [0, 0.05) is 17.9 Å². The molecule has 0 spiro atoms. The molecular formula is C25H25F3N2O5. The van der Waals surface area contributed by atoms with Crippen LogP contribution >= 0.6 is 0 Å². The Hall–Kier alpha value is -3.56. The van der Waals surface area contributed by atoms with Crippen LogP contribution in [0.15, 0.2) is 48.5 Å². The lowest BCUT2D eigenvalue weighted by Gasteiger charge is -2.30. The number of benzene rings is 2. The van der Waals surface area contributed by atoms with Crippen molar-refractivity contribution in [2.45, 2.75) is 49.9 Å². The summed E-state index contributed by atoms with van der Waals surface area (Å²) in [5, 5.41) is 13.1. The fourth-order valence-corrected chi connectivity index (χ4v) is 4.91. The molecule has 0 heterocycles. The molecule has 2 aromatic carbocycles. The zero-order chi connectivity index (χ0) is 25.2. The van der Waals surface area contributed by atoms with Crippen LogP contribution in [0, 0.1) is 5.92 Å². The topological polar surface area (TPSA) is 105 Å². The molecule has 0 radical (unpaired) electrons. The summed E-state index contributed by atoms with van der Waals surface area (Å²) >= 11 is 0. The maximum atomic E-state index is 12.9. The quantitative estimate of drug-likeness (QED) is 0.563. The number of carbonyl (C=O) groups excluding carboxylic acids is 2. The molecule has 0 saturated heterocycles. The third-order valence-electron chi connectivity index (χ3n) is 6.57. The Morgan fingerprint density at radius 3 is 2.17 bits per heavy atom. The van der Waals surface area contributed by atoms with E-state index >= 15 is 0 Å². The van der Waals surface area contributed by atoms with Gasteiger partial charge < -0.3 is 20.5 Å². The van der Waals surface area contributed by atoms with Crippen LogP contribution in [0.4, 0.5) is 18.0 Å². The second-order valence-corrected chi connectivity index (χ2v) is 8.85.